The van der Waals surface area contributed by atoms with Crippen LogP contribution in [0, 0.1) is 11.8 Å². The average Bonchev–Trinajstić information content (AvgIpc) is 2.07. The third kappa shape index (κ3) is 6.23. The number of rotatable bonds is 3. The molecule has 1 aliphatic carbocycles. The molecule has 0 aromatic carbocycles. The standard InChI is InChI=1S/C10H18O2.2H2O.Zn/c1-2-9(10(11)12)8-6-4-3-5-7-8;;;/h8-9H,2-7H2,1H3,(H,11,12);2*1H2;. The fourth-order valence-electron chi connectivity index (χ4n) is 2.25. The second-order valence-electron chi connectivity index (χ2n) is 3.75. The van der Waals surface area contributed by atoms with Crippen molar-refractivity contribution < 1.29 is 40.3 Å². The quantitative estimate of drug-likeness (QED) is 0.775. The van der Waals surface area contributed by atoms with Gasteiger partial charge in [0.05, 0.1) is 5.92 Å². The Morgan fingerprint density at radius 2 is 1.73 bits per heavy atom. The molecule has 88 valence electrons. The molecular weight excluding hydrogens is 249 g/mol. The van der Waals surface area contributed by atoms with Gasteiger partial charge in [0, 0.05) is 19.5 Å². The predicted molar refractivity (Wildman–Crippen MR) is 55.2 cm³/mol. The molecule has 0 heterocycles. The smallest absolute Gasteiger partial charge is 0.306 e. The molecule has 0 spiro atoms. The molecule has 0 aliphatic heterocycles. The van der Waals surface area contributed by atoms with E-state index in [1.54, 1.807) is 0 Å². The van der Waals surface area contributed by atoms with E-state index >= 15 is 0 Å². The van der Waals surface area contributed by atoms with E-state index in [1.807, 2.05) is 6.92 Å². The average molecular weight is 272 g/mol. The molecule has 0 bridgehead atoms. The maximum Gasteiger partial charge on any atom is 0.306 e. The van der Waals surface area contributed by atoms with Crippen LogP contribution in [0.15, 0.2) is 0 Å². The number of hydrogen-bond donors (Lipinski definition) is 1. The molecule has 1 fully saturated rings. The van der Waals surface area contributed by atoms with Crippen molar-refractivity contribution in [1.82, 2.24) is 0 Å². The van der Waals surface area contributed by atoms with Gasteiger partial charge in [0.1, 0.15) is 0 Å². The summed E-state index contributed by atoms with van der Waals surface area (Å²) in [4.78, 5) is 10.8. The number of carboxylic acid groups (broad SMARTS) is 1. The van der Waals surface area contributed by atoms with Gasteiger partial charge in [-0.1, -0.05) is 26.2 Å². The zero-order valence-corrected chi connectivity index (χ0v) is 12.4. The molecule has 1 aliphatic rings. The van der Waals surface area contributed by atoms with Crippen LogP contribution >= 0.6 is 0 Å². The van der Waals surface area contributed by atoms with Gasteiger partial charge in [-0.25, -0.2) is 0 Å². The van der Waals surface area contributed by atoms with E-state index in [-0.39, 0.29) is 36.3 Å². The molecule has 1 atom stereocenters. The third-order valence-electron chi connectivity index (χ3n) is 2.98. The summed E-state index contributed by atoms with van der Waals surface area (Å²) < 4.78 is 0. The first-order chi connectivity index (χ1) is 5.75. The van der Waals surface area contributed by atoms with E-state index in [2.05, 4.69) is 0 Å². The Morgan fingerprint density at radius 1 is 1.27 bits per heavy atom. The molecular formula is C10H22O4Zn. The van der Waals surface area contributed by atoms with Crippen LogP contribution in [-0.2, 0) is 24.3 Å². The second-order valence-corrected chi connectivity index (χ2v) is 3.75. The van der Waals surface area contributed by atoms with Crippen LogP contribution in [0.1, 0.15) is 45.4 Å². The maximum absolute atomic E-state index is 10.8. The van der Waals surface area contributed by atoms with Crippen molar-refractivity contribution in [2.45, 2.75) is 45.4 Å². The molecule has 0 radical (unpaired) electrons. The van der Waals surface area contributed by atoms with Gasteiger partial charge in [0.2, 0.25) is 0 Å². The predicted octanol–water partition coefficient (Wildman–Crippen LogP) is 1.03. The molecule has 0 amide bonds. The summed E-state index contributed by atoms with van der Waals surface area (Å²) in [7, 11) is 0. The molecule has 15 heavy (non-hydrogen) atoms. The Bertz CT molecular complexity index is 158. The molecule has 1 unspecified atom stereocenters. The van der Waals surface area contributed by atoms with Crippen LogP contribution in [-0.4, -0.2) is 22.0 Å². The Kier molecular flexibility index (Phi) is 14.3. The van der Waals surface area contributed by atoms with Crippen LogP contribution in [0.3, 0.4) is 0 Å². The minimum atomic E-state index is -0.593. The van der Waals surface area contributed by atoms with E-state index in [0.29, 0.717) is 5.92 Å². The Morgan fingerprint density at radius 3 is 2.07 bits per heavy atom. The minimum absolute atomic E-state index is 0. The van der Waals surface area contributed by atoms with Gasteiger partial charge >= 0.3 is 5.97 Å². The molecule has 5 heteroatoms. The van der Waals surface area contributed by atoms with E-state index in [1.165, 1.54) is 19.3 Å². The van der Waals surface area contributed by atoms with Gasteiger partial charge in [-0.3, -0.25) is 4.79 Å². The summed E-state index contributed by atoms with van der Waals surface area (Å²) in [5.74, 6) is -0.212. The van der Waals surface area contributed by atoms with Crippen molar-refractivity contribution in [3.05, 3.63) is 0 Å². The topological polar surface area (TPSA) is 100 Å². The minimum Gasteiger partial charge on any atom is -0.481 e. The van der Waals surface area contributed by atoms with Gasteiger partial charge in [-0.15, -0.1) is 0 Å². The van der Waals surface area contributed by atoms with Gasteiger partial charge in [-0.2, -0.15) is 0 Å². The number of hydrogen-bond acceptors (Lipinski definition) is 1. The van der Waals surface area contributed by atoms with E-state index in [0.717, 1.165) is 19.3 Å². The van der Waals surface area contributed by atoms with Gasteiger partial charge in [-0.05, 0) is 25.2 Å². The summed E-state index contributed by atoms with van der Waals surface area (Å²) in [6.45, 7) is 1.98. The van der Waals surface area contributed by atoms with Crippen molar-refractivity contribution in [3.63, 3.8) is 0 Å². The number of carboxylic acids is 1. The Labute approximate surface area is 104 Å². The van der Waals surface area contributed by atoms with Crippen LogP contribution < -0.4 is 0 Å². The van der Waals surface area contributed by atoms with Gasteiger partial charge < -0.3 is 16.1 Å². The van der Waals surface area contributed by atoms with Crippen LogP contribution in [0.5, 0.6) is 0 Å². The Hall–Kier alpha value is 0.0134. The zero-order valence-electron chi connectivity index (χ0n) is 9.46. The van der Waals surface area contributed by atoms with Crippen molar-refractivity contribution >= 4 is 5.97 Å². The van der Waals surface area contributed by atoms with Crippen LogP contribution in [0.4, 0.5) is 0 Å². The third-order valence-corrected chi connectivity index (χ3v) is 2.98. The molecule has 5 N–H and O–H groups in total. The van der Waals surface area contributed by atoms with Gasteiger partial charge in [0.15, 0.2) is 0 Å². The zero-order chi connectivity index (χ0) is 8.97. The first-order valence-electron chi connectivity index (χ1n) is 4.98. The summed E-state index contributed by atoms with van der Waals surface area (Å²) in [5.41, 5.74) is 0. The fraction of sp³-hybridized carbons (Fsp3) is 0.900. The van der Waals surface area contributed by atoms with Crippen molar-refractivity contribution in [1.29, 1.82) is 0 Å². The van der Waals surface area contributed by atoms with E-state index in [4.69, 9.17) is 5.11 Å². The van der Waals surface area contributed by atoms with E-state index in [9.17, 15) is 4.79 Å². The maximum atomic E-state index is 10.8. The molecule has 0 saturated heterocycles. The molecule has 0 aromatic rings. The normalized spacial score (nSPS) is 17.7. The van der Waals surface area contributed by atoms with Crippen LogP contribution in [0.25, 0.3) is 0 Å². The fourth-order valence-corrected chi connectivity index (χ4v) is 2.25. The largest absolute Gasteiger partial charge is 0.481 e. The molecule has 1 rings (SSSR count). The monoisotopic (exact) mass is 270 g/mol. The summed E-state index contributed by atoms with van der Waals surface area (Å²) in [6.07, 6.45) is 6.81. The van der Waals surface area contributed by atoms with E-state index < -0.39 is 5.97 Å². The summed E-state index contributed by atoms with van der Waals surface area (Å²) >= 11 is 0. The van der Waals surface area contributed by atoms with Gasteiger partial charge in [0.25, 0.3) is 0 Å². The van der Waals surface area contributed by atoms with Crippen molar-refractivity contribution in [2.75, 3.05) is 0 Å². The van der Waals surface area contributed by atoms with Crippen molar-refractivity contribution in [2.24, 2.45) is 11.8 Å². The summed E-state index contributed by atoms with van der Waals surface area (Å²) in [5, 5.41) is 8.93. The molecule has 0 aromatic heterocycles. The molecule has 4 nitrogen and oxygen atoms in total. The Balaban J connectivity index is -0.000000480. The number of carbonyl (C=O) groups is 1. The second kappa shape index (κ2) is 10.5. The van der Waals surface area contributed by atoms with Crippen LogP contribution in [0.2, 0.25) is 0 Å². The molecule has 1 saturated carbocycles. The first kappa shape index (κ1) is 20.4. The summed E-state index contributed by atoms with van der Waals surface area (Å²) in [6, 6.07) is 0. The SMILES string of the molecule is CCC(C(=O)O)C1CCCCC1.O.O.[Zn]. The van der Waals surface area contributed by atoms with Crippen molar-refractivity contribution in [3.8, 4) is 0 Å². The first-order valence-corrected chi connectivity index (χ1v) is 4.98. The number of aliphatic carboxylic acids is 1.